The molecule has 0 fully saturated rings. The summed E-state index contributed by atoms with van der Waals surface area (Å²) < 4.78 is 14.2. The Morgan fingerprint density at radius 2 is 1.78 bits per heavy atom. The fraction of sp³-hybridized carbons (Fsp3) is 0. The lowest BCUT2D eigenvalue weighted by molar-refractivity contribution is -0.383. The number of hydrogen-bond acceptors (Lipinski definition) is 6. The lowest BCUT2D eigenvalue weighted by atomic mass is 10.1. The number of benzene rings is 2. The normalized spacial score (nSPS) is 10.7. The van der Waals surface area contributed by atoms with Crippen molar-refractivity contribution in [2.24, 2.45) is 0 Å². The van der Waals surface area contributed by atoms with Crippen molar-refractivity contribution in [3.63, 3.8) is 0 Å². The Hall–Kier alpha value is -3.94. The molecule has 0 atom stereocenters. The van der Waals surface area contributed by atoms with Crippen LogP contribution in [0.15, 0.2) is 66.9 Å². The van der Waals surface area contributed by atoms with Crippen molar-refractivity contribution in [2.45, 2.75) is 0 Å². The summed E-state index contributed by atoms with van der Waals surface area (Å²) in [5.41, 5.74) is 0.386. The molecule has 27 heavy (non-hydrogen) atoms. The molecule has 0 saturated carbocycles. The van der Waals surface area contributed by atoms with Gasteiger partial charge in [0.2, 0.25) is 0 Å². The zero-order chi connectivity index (χ0) is 18.8. The fourth-order valence-electron chi connectivity index (χ4n) is 2.73. The summed E-state index contributed by atoms with van der Waals surface area (Å²) in [4.78, 5) is 23.8. The molecule has 7 nitrogen and oxygen atoms in total. The minimum Gasteiger partial charge on any atom is -0.324 e. The van der Waals surface area contributed by atoms with Gasteiger partial charge in [-0.3, -0.25) is 10.1 Å². The molecule has 4 rings (SSSR count). The van der Waals surface area contributed by atoms with Crippen molar-refractivity contribution in [3.05, 3.63) is 82.8 Å². The largest absolute Gasteiger partial charge is 0.324 e. The Labute approximate surface area is 152 Å². The van der Waals surface area contributed by atoms with Crippen LogP contribution in [0.4, 0.5) is 21.7 Å². The van der Waals surface area contributed by atoms with E-state index in [1.54, 1.807) is 48.7 Å². The highest BCUT2D eigenvalue weighted by molar-refractivity contribution is 5.99. The monoisotopic (exact) mass is 361 g/mol. The van der Waals surface area contributed by atoms with Gasteiger partial charge in [0.15, 0.2) is 11.6 Å². The third-order valence-electron chi connectivity index (χ3n) is 3.92. The number of pyridine rings is 1. The van der Waals surface area contributed by atoms with Crippen LogP contribution in [-0.2, 0) is 0 Å². The Morgan fingerprint density at radius 3 is 2.52 bits per heavy atom. The maximum Gasteiger partial charge on any atom is 0.282 e. The number of hydrogen-bond donors (Lipinski definition) is 1. The van der Waals surface area contributed by atoms with Crippen molar-refractivity contribution in [2.75, 3.05) is 5.32 Å². The molecule has 0 spiro atoms. The summed E-state index contributed by atoms with van der Waals surface area (Å²) >= 11 is 0. The molecule has 2 aromatic carbocycles. The quantitative estimate of drug-likeness (QED) is 0.425. The second-order valence-electron chi connectivity index (χ2n) is 5.64. The van der Waals surface area contributed by atoms with Gasteiger partial charge in [-0.2, -0.15) is 0 Å². The number of anilines is 2. The lowest BCUT2D eigenvalue weighted by Crippen LogP contribution is -2.03. The Morgan fingerprint density at radius 1 is 0.963 bits per heavy atom. The number of nitrogens with zero attached hydrogens (tertiary/aromatic N) is 4. The predicted octanol–water partition coefficient (Wildman–Crippen LogP) is 4.48. The van der Waals surface area contributed by atoms with Crippen LogP contribution in [0.25, 0.3) is 22.3 Å². The average molecular weight is 361 g/mol. The van der Waals surface area contributed by atoms with Crippen LogP contribution < -0.4 is 5.32 Å². The number of rotatable bonds is 4. The number of fused-ring (bicyclic) bond motifs is 1. The van der Waals surface area contributed by atoms with Gasteiger partial charge in [-0.15, -0.1) is 0 Å². The summed E-state index contributed by atoms with van der Waals surface area (Å²) in [6, 6.07) is 15.8. The van der Waals surface area contributed by atoms with E-state index in [1.165, 1.54) is 18.2 Å². The van der Waals surface area contributed by atoms with E-state index in [-0.39, 0.29) is 28.3 Å². The maximum absolute atomic E-state index is 14.2. The smallest absolute Gasteiger partial charge is 0.282 e. The van der Waals surface area contributed by atoms with Crippen LogP contribution >= 0.6 is 0 Å². The molecule has 0 aliphatic heterocycles. The van der Waals surface area contributed by atoms with E-state index >= 15 is 0 Å². The third-order valence-corrected chi connectivity index (χ3v) is 3.92. The molecule has 0 aliphatic carbocycles. The summed E-state index contributed by atoms with van der Waals surface area (Å²) in [6.45, 7) is 0. The van der Waals surface area contributed by atoms with Gasteiger partial charge in [-0.25, -0.2) is 19.3 Å². The van der Waals surface area contributed by atoms with Crippen LogP contribution in [0.3, 0.4) is 0 Å². The van der Waals surface area contributed by atoms with Gasteiger partial charge in [0.25, 0.3) is 5.69 Å². The van der Waals surface area contributed by atoms with Crippen molar-refractivity contribution in [1.82, 2.24) is 15.0 Å². The fourth-order valence-corrected chi connectivity index (χ4v) is 2.73. The number of halogens is 1. The van der Waals surface area contributed by atoms with E-state index in [9.17, 15) is 14.5 Å². The Kier molecular flexibility index (Phi) is 4.13. The molecule has 0 amide bonds. The summed E-state index contributed by atoms with van der Waals surface area (Å²) in [5.74, 6) is 0.282. The van der Waals surface area contributed by atoms with Crippen molar-refractivity contribution >= 4 is 28.2 Å². The number of nitro groups is 1. The first-order chi connectivity index (χ1) is 13.1. The van der Waals surface area contributed by atoms with Gasteiger partial charge < -0.3 is 5.32 Å². The van der Waals surface area contributed by atoms with Crippen LogP contribution in [0.5, 0.6) is 0 Å². The van der Waals surface area contributed by atoms with E-state index in [0.29, 0.717) is 11.3 Å². The number of nitro benzene ring substituents is 1. The second-order valence-corrected chi connectivity index (χ2v) is 5.64. The highest BCUT2D eigenvalue weighted by atomic mass is 19.1. The van der Waals surface area contributed by atoms with Gasteiger partial charge in [-0.05, 0) is 30.3 Å². The zero-order valence-corrected chi connectivity index (χ0v) is 13.8. The first-order valence-electron chi connectivity index (χ1n) is 8.01. The van der Waals surface area contributed by atoms with E-state index in [1.807, 2.05) is 0 Å². The number of aromatic nitrogens is 3. The van der Waals surface area contributed by atoms with Gasteiger partial charge in [0.05, 0.1) is 16.0 Å². The molecule has 1 N–H and O–H groups in total. The zero-order valence-electron chi connectivity index (χ0n) is 13.8. The lowest BCUT2D eigenvalue weighted by Gasteiger charge is -2.11. The molecule has 0 unspecified atom stereocenters. The standard InChI is InChI=1S/C19H12FN5O2/c20-13-7-2-1-6-12(13)18-22-14-8-5-9-15(25(26)27)17(14)19(24-18)23-16-10-3-4-11-21-16/h1-11H,(H,21,22,23,24). The number of nitrogens with one attached hydrogen (secondary N) is 1. The molecular weight excluding hydrogens is 349 g/mol. The van der Waals surface area contributed by atoms with Gasteiger partial charge in [0.1, 0.15) is 17.0 Å². The van der Waals surface area contributed by atoms with Gasteiger partial charge in [0, 0.05) is 12.3 Å². The average Bonchev–Trinajstić information content (AvgIpc) is 2.68. The van der Waals surface area contributed by atoms with Crippen LogP contribution in [-0.4, -0.2) is 19.9 Å². The topological polar surface area (TPSA) is 93.8 Å². The molecule has 0 bridgehead atoms. The van der Waals surface area contributed by atoms with Crippen molar-refractivity contribution in [3.8, 4) is 11.4 Å². The minimum atomic E-state index is -0.502. The third kappa shape index (κ3) is 3.15. The van der Waals surface area contributed by atoms with Crippen molar-refractivity contribution < 1.29 is 9.31 Å². The van der Waals surface area contributed by atoms with E-state index < -0.39 is 10.7 Å². The van der Waals surface area contributed by atoms with Crippen molar-refractivity contribution in [1.29, 1.82) is 0 Å². The molecule has 8 heteroatoms. The minimum absolute atomic E-state index is 0.125. The SMILES string of the molecule is O=[N+]([O-])c1cccc2nc(-c3ccccc3F)nc(Nc3ccccn3)c12. The van der Waals surface area contributed by atoms with Gasteiger partial charge in [-0.1, -0.05) is 24.3 Å². The van der Waals surface area contributed by atoms with Gasteiger partial charge >= 0.3 is 0 Å². The maximum atomic E-state index is 14.2. The summed E-state index contributed by atoms with van der Waals surface area (Å²) in [6.07, 6.45) is 1.58. The first-order valence-corrected chi connectivity index (χ1v) is 8.01. The number of non-ortho nitro benzene ring substituents is 1. The predicted molar refractivity (Wildman–Crippen MR) is 99.1 cm³/mol. The Balaban J connectivity index is 1.99. The molecule has 4 aromatic rings. The molecule has 2 aromatic heterocycles. The van der Waals surface area contributed by atoms with Crippen LogP contribution in [0.1, 0.15) is 0 Å². The second kappa shape index (κ2) is 6.75. The van der Waals surface area contributed by atoms with Crippen LogP contribution in [0.2, 0.25) is 0 Å². The highest BCUT2D eigenvalue weighted by Crippen LogP contribution is 2.33. The first kappa shape index (κ1) is 16.5. The summed E-state index contributed by atoms with van der Waals surface area (Å²) in [5, 5.41) is 14.7. The van der Waals surface area contributed by atoms with E-state index in [2.05, 4.69) is 20.3 Å². The van der Waals surface area contributed by atoms with Crippen LogP contribution in [0, 0.1) is 15.9 Å². The molecule has 132 valence electrons. The molecule has 0 radical (unpaired) electrons. The summed E-state index contributed by atoms with van der Waals surface area (Å²) in [7, 11) is 0. The molecule has 0 saturated heterocycles. The van der Waals surface area contributed by atoms with E-state index in [4.69, 9.17) is 0 Å². The van der Waals surface area contributed by atoms with E-state index in [0.717, 1.165) is 0 Å². The Bertz CT molecular complexity index is 1150. The molecular formula is C19H12FN5O2. The highest BCUT2D eigenvalue weighted by Gasteiger charge is 2.20. The molecule has 2 heterocycles. The molecule has 0 aliphatic rings.